The summed E-state index contributed by atoms with van der Waals surface area (Å²) in [6, 6.07) is 9.51. The van der Waals surface area contributed by atoms with Crippen LogP contribution < -0.4 is 0 Å². The van der Waals surface area contributed by atoms with Gasteiger partial charge in [0.1, 0.15) is 0 Å². The number of ether oxygens (including phenoxy) is 2. The number of benzene rings is 1. The molecule has 1 amide bonds. The van der Waals surface area contributed by atoms with E-state index in [0.717, 1.165) is 5.56 Å². The normalized spacial score (nSPS) is 14.5. The lowest BCUT2D eigenvalue weighted by Crippen LogP contribution is -2.41. The topological polar surface area (TPSA) is 99.7 Å². The Morgan fingerprint density at radius 1 is 1.30 bits per heavy atom. The maximum Gasteiger partial charge on any atom is 0.435 e. The molecule has 0 radical (unpaired) electrons. The fourth-order valence-electron chi connectivity index (χ4n) is 2.71. The first-order valence-corrected chi connectivity index (χ1v) is 8.49. The van der Waals surface area contributed by atoms with Gasteiger partial charge >= 0.3 is 12.0 Å². The molecule has 9 nitrogen and oxygen atoms in total. The maximum atomic E-state index is 12.2. The van der Waals surface area contributed by atoms with Gasteiger partial charge in [-0.3, -0.25) is 0 Å². The van der Waals surface area contributed by atoms with Crippen LogP contribution in [0.2, 0.25) is 0 Å². The van der Waals surface area contributed by atoms with Crippen LogP contribution in [0.1, 0.15) is 17.0 Å². The van der Waals surface area contributed by atoms with Crippen molar-refractivity contribution in [2.24, 2.45) is 7.05 Å². The Kier molecular flexibility index (Phi) is 5.82. The first-order valence-electron chi connectivity index (χ1n) is 8.49. The van der Waals surface area contributed by atoms with Crippen molar-refractivity contribution in [3.63, 3.8) is 0 Å². The van der Waals surface area contributed by atoms with Crippen LogP contribution in [0.4, 0.5) is 10.7 Å². The monoisotopic (exact) mass is 372 g/mol. The molecule has 0 unspecified atom stereocenters. The van der Waals surface area contributed by atoms with E-state index in [1.165, 1.54) is 11.6 Å². The molecule has 0 spiro atoms. The summed E-state index contributed by atoms with van der Waals surface area (Å²) < 4.78 is 11.9. The summed E-state index contributed by atoms with van der Waals surface area (Å²) in [5.41, 5.74) is 1.78. The molecule has 27 heavy (non-hydrogen) atoms. The molecule has 1 aromatic carbocycles. The van der Waals surface area contributed by atoms with Crippen molar-refractivity contribution >= 4 is 24.2 Å². The molecule has 3 rings (SSSR count). The smallest absolute Gasteiger partial charge is 0.435 e. The van der Waals surface area contributed by atoms with Gasteiger partial charge in [-0.15, -0.1) is 0 Å². The molecule has 2 heterocycles. The largest absolute Gasteiger partial charge is 0.441 e. The Labute approximate surface area is 156 Å². The SMILES string of the molecule is Cn1c([N+](=O)[O-])nc(/C=C/c2ccccc2)c1COC(=O)N1CCOCC1. The van der Waals surface area contributed by atoms with Gasteiger partial charge in [0.15, 0.2) is 18.0 Å². The Balaban J connectivity index is 1.78. The first kappa shape index (κ1) is 18.6. The van der Waals surface area contributed by atoms with E-state index in [2.05, 4.69) is 4.98 Å². The zero-order valence-corrected chi connectivity index (χ0v) is 14.9. The highest BCUT2D eigenvalue weighted by Crippen LogP contribution is 2.20. The number of hydrogen-bond donors (Lipinski definition) is 0. The van der Waals surface area contributed by atoms with Crippen molar-refractivity contribution in [3.05, 3.63) is 57.4 Å². The third-order valence-electron chi connectivity index (χ3n) is 4.22. The summed E-state index contributed by atoms with van der Waals surface area (Å²) in [6.45, 7) is 1.76. The molecule has 1 aliphatic heterocycles. The van der Waals surface area contributed by atoms with Crippen molar-refractivity contribution < 1.29 is 19.2 Å². The number of rotatable bonds is 5. The van der Waals surface area contributed by atoms with E-state index < -0.39 is 11.0 Å². The quantitative estimate of drug-likeness (QED) is 0.590. The number of nitrogens with zero attached hydrogens (tertiary/aromatic N) is 4. The number of hydrogen-bond acceptors (Lipinski definition) is 6. The van der Waals surface area contributed by atoms with Crippen LogP contribution in [0.3, 0.4) is 0 Å². The zero-order chi connectivity index (χ0) is 19.2. The van der Waals surface area contributed by atoms with Crippen LogP contribution in [0.25, 0.3) is 12.2 Å². The number of nitro groups is 1. The fraction of sp³-hybridized carbons (Fsp3) is 0.333. The van der Waals surface area contributed by atoms with Crippen molar-refractivity contribution in [1.82, 2.24) is 14.5 Å². The molecule has 1 saturated heterocycles. The summed E-state index contributed by atoms with van der Waals surface area (Å²) in [6.07, 6.45) is 3.01. The van der Waals surface area contributed by atoms with Gasteiger partial charge in [-0.05, 0) is 16.6 Å². The number of carbonyl (C=O) groups excluding carboxylic acids is 1. The Morgan fingerprint density at radius 3 is 2.67 bits per heavy atom. The van der Waals surface area contributed by atoms with E-state index in [0.29, 0.717) is 37.7 Å². The molecular formula is C18H20N4O5. The predicted molar refractivity (Wildman–Crippen MR) is 97.8 cm³/mol. The second-order valence-corrected chi connectivity index (χ2v) is 5.96. The van der Waals surface area contributed by atoms with E-state index >= 15 is 0 Å². The van der Waals surface area contributed by atoms with E-state index in [1.54, 1.807) is 17.1 Å². The Bertz CT molecular complexity index is 841. The average molecular weight is 372 g/mol. The second kappa shape index (κ2) is 8.45. The van der Waals surface area contributed by atoms with Crippen molar-refractivity contribution in [3.8, 4) is 0 Å². The molecule has 0 saturated carbocycles. The lowest BCUT2D eigenvalue weighted by atomic mass is 10.2. The molecule has 1 fully saturated rings. The minimum atomic E-state index is -0.562. The molecule has 9 heteroatoms. The van der Waals surface area contributed by atoms with E-state index in [9.17, 15) is 14.9 Å². The van der Waals surface area contributed by atoms with E-state index in [-0.39, 0.29) is 12.6 Å². The van der Waals surface area contributed by atoms with Crippen LogP contribution in [0.15, 0.2) is 30.3 Å². The van der Waals surface area contributed by atoms with E-state index in [4.69, 9.17) is 9.47 Å². The molecule has 1 aliphatic rings. The Morgan fingerprint density at radius 2 is 2.00 bits per heavy atom. The first-order chi connectivity index (χ1) is 13.1. The molecule has 2 aromatic rings. The number of amides is 1. The molecule has 142 valence electrons. The number of imidazole rings is 1. The summed E-state index contributed by atoms with van der Waals surface area (Å²) >= 11 is 0. The third kappa shape index (κ3) is 4.50. The minimum Gasteiger partial charge on any atom is -0.441 e. The summed E-state index contributed by atoms with van der Waals surface area (Å²) in [5.74, 6) is -0.305. The fourth-order valence-corrected chi connectivity index (χ4v) is 2.71. The van der Waals surface area contributed by atoms with Gasteiger partial charge in [0.2, 0.25) is 0 Å². The molecule has 1 aromatic heterocycles. The summed E-state index contributed by atoms with van der Waals surface area (Å²) in [4.78, 5) is 28.4. The Hall–Kier alpha value is -3.20. The maximum absolute atomic E-state index is 12.2. The summed E-state index contributed by atoms with van der Waals surface area (Å²) in [5, 5.41) is 11.2. The molecule has 0 bridgehead atoms. The highest BCUT2D eigenvalue weighted by atomic mass is 16.6. The van der Waals surface area contributed by atoms with Crippen LogP contribution in [0, 0.1) is 10.1 Å². The van der Waals surface area contributed by atoms with Gasteiger partial charge in [0.25, 0.3) is 0 Å². The molecule has 0 aliphatic carbocycles. The van der Waals surface area contributed by atoms with Crippen LogP contribution >= 0.6 is 0 Å². The lowest BCUT2D eigenvalue weighted by Gasteiger charge is -2.25. The van der Waals surface area contributed by atoms with Gasteiger partial charge in [0.05, 0.1) is 20.3 Å². The van der Waals surface area contributed by atoms with Crippen LogP contribution in [-0.2, 0) is 23.1 Å². The second-order valence-electron chi connectivity index (χ2n) is 5.96. The lowest BCUT2D eigenvalue weighted by molar-refractivity contribution is -0.396. The number of morpholine rings is 1. The van der Waals surface area contributed by atoms with Gasteiger partial charge in [0, 0.05) is 13.1 Å². The zero-order valence-electron chi connectivity index (χ0n) is 14.9. The summed E-state index contributed by atoms with van der Waals surface area (Å²) in [7, 11) is 1.53. The van der Waals surface area contributed by atoms with Gasteiger partial charge < -0.3 is 24.5 Å². The molecule has 0 atom stereocenters. The van der Waals surface area contributed by atoms with Crippen LogP contribution in [0.5, 0.6) is 0 Å². The standard InChI is InChI=1S/C18H20N4O5/c1-20-16(13-27-18(23)21-9-11-26-12-10-21)15(19-17(20)22(24)25)8-7-14-5-3-2-4-6-14/h2-8H,9-13H2,1H3/b8-7+. The van der Waals surface area contributed by atoms with Gasteiger partial charge in [-0.25, -0.2) is 9.36 Å². The average Bonchev–Trinajstić information content (AvgIpc) is 3.01. The number of aromatic nitrogens is 2. The third-order valence-corrected chi connectivity index (χ3v) is 4.22. The van der Waals surface area contributed by atoms with Gasteiger partial charge in [-0.1, -0.05) is 41.4 Å². The highest BCUT2D eigenvalue weighted by Gasteiger charge is 2.26. The van der Waals surface area contributed by atoms with Crippen LogP contribution in [-0.4, -0.2) is 51.8 Å². The van der Waals surface area contributed by atoms with Crippen molar-refractivity contribution in [2.75, 3.05) is 26.3 Å². The molecule has 0 N–H and O–H groups in total. The van der Waals surface area contributed by atoms with E-state index in [1.807, 2.05) is 30.3 Å². The number of carbonyl (C=O) groups is 1. The van der Waals surface area contributed by atoms with Crippen molar-refractivity contribution in [1.29, 1.82) is 0 Å². The van der Waals surface area contributed by atoms with Crippen molar-refractivity contribution in [2.45, 2.75) is 6.61 Å². The van der Waals surface area contributed by atoms with Gasteiger partial charge in [-0.2, -0.15) is 0 Å². The predicted octanol–water partition coefficient (Wildman–Crippen LogP) is 2.47. The minimum absolute atomic E-state index is 0.109. The molecular weight excluding hydrogens is 352 g/mol. The highest BCUT2D eigenvalue weighted by molar-refractivity contribution is 5.70.